The lowest BCUT2D eigenvalue weighted by molar-refractivity contribution is 0.415. The van der Waals surface area contributed by atoms with Crippen molar-refractivity contribution < 1.29 is 4.74 Å². The smallest absolute Gasteiger partial charge is 0.138 e. The minimum Gasteiger partial charge on any atom is -0.495 e. The number of aryl methyl sites for hydroxylation is 1. The molecule has 2 N–H and O–H groups in total. The van der Waals surface area contributed by atoms with Crippen molar-refractivity contribution in [1.82, 2.24) is 0 Å². The molecule has 2 aromatic carbocycles. The quantitative estimate of drug-likeness (QED) is 0.808. The summed E-state index contributed by atoms with van der Waals surface area (Å²) >= 11 is 15.9. The van der Waals surface area contributed by atoms with Crippen LogP contribution in [0.1, 0.15) is 22.7 Å². The van der Waals surface area contributed by atoms with Gasteiger partial charge in [-0.1, -0.05) is 45.2 Å². The third-order valence-electron chi connectivity index (χ3n) is 3.18. The second kappa shape index (κ2) is 6.35. The molecule has 0 heterocycles. The van der Waals surface area contributed by atoms with Gasteiger partial charge in [0, 0.05) is 15.6 Å². The number of nitrogens with two attached hydrogens (primary N) is 1. The Morgan fingerprint density at radius 2 is 1.80 bits per heavy atom. The Hall–Kier alpha value is -0.740. The van der Waals surface area contributed by atoms with Gasteiger partial charge in [0.05, 0.1) is 18.2 Å². The molecule has 0 fully saturated rings. The van der Waals surface area contributed by atoms with Gasteiger partial charge in [-0.05, 0) is 41.8 Å². The van der Waals surface area contributed by atoms with Crippen LogP contribution < -0.4 is 10.5 Å². The van der Waals surface area contributed by atoms with Gasteiger partial charge in [-0.15, -0.1) is 0 Å². The van der Waals surface area contributed by atoms with E-state index < -0.39 is 0 Å². The number of rotatable bonds is 3. The molecule has 0 saturated heterocycles. The first-order valence-corrected chi connectivity index (χ1v) is 7.53. The maximum atomic E-state index is 6.34. The molecule has 1 atom stereocenters. The lowest BCUT2D eigenvalue weighted by atomic mass is 9.95. The van der Waals surface area contributed by atoms with Gasteiger partial charge in [0.15, 0.2) is 0 Å². The molecule has 2 aromatic rings. The Morgan fingerprint density at radius 1 is 1.10 bits per heavy atom. The van der Waals surface area contributed by atoms with Crippen LogP contribution in [-0.4, -0.2) is 7.11 Å². The third-order valence-corrected chi connectivity index (χ3v) is 4.30. The largest absolute Gasteiger partial charge is 0.495 e. The van der Waals surface area contributed by atoms with Gasteiger partial charge in [0.2, 0.25) is 0 Å². The molecule has 0 amide bonds. The summed E-state index contributed by atoms with van der Waals surface area (Å²) in [4.78, 5) is 0. The van der Waals surface area contributed by atoms with Crippen molar-refractivity contribution in [2.24, 2.45) is 5.73 Å². The first-order chi connectivity index (χ1) is 9.43. The molecule has 1 unspecified atom stereocenters. The Kier molecular flexibility index (Phi) is 4.97. The summed E-state index contributed by atoms with van der Waals surface area (Å²) in [6, 6.07) is 9.09. The standard InChI is InChI=1S/C15H14BrCl2NO/c1-8-3-4-9(16)5-10(8)15(19)11-6-13(18)14(20-2)7-12(11)17/h3-7,15H,19H2,1-2H3. The van der Waals surface area contributed by atoms with E-state index in [1.165, 1.54) is 0 Å². The van der Waals surface area contributed by atoms with Crippen molar-refractivity contribution in [3.05, 3.63) is 61.5 Å². The monoisotopic (exact) mass is 373 g/mol. The summed E-state index contributed by atoms with van der Waals surface area (Å²) < 4.78 is 6.12. The van der Waals surface area contributed by atoms with Crippen LogP contribution in [0.2, 0.25) is 10.0 Å². The van der Waals surface area contributed by atoms with Gasteiger partial charge in [0.1, 0.15) is 5.75 Å². The average Bonchev–Trinajstić information content (AvgIpc) is 2.42. The molecular formula is C15H14BrCl2NO. The van der Waals surface area contributed by atoms with Gasteiger partial charge in [-0.2, -0.15) is 0 Å². The van der Waals surface area contributed by atoms with Gasteiger partial charge in [-0.3, -0.25) is 0 Å². The highest BCUT2D eigenvalue weighted by atomic mass is 79.9. The fraction of sp³-hybridized carbons (Fsp3) is 0.200. The molecule has 0 bridgehead atoms. The fourth-order valence-corrected chi connectivity index (χ4v) is 2.95. The van der Waals surface area contributed by atoms with Crippen molar-refractivity contribution in [1.29, 1.82) is 0 Å². The molecule has 106 valence electrons. The molecule has 0 aliphatic carbocycles. The Bertz CT molecular complexity index is 646. The van der Waals surface area contributed by atoms with Gasteiger partial charge >= 0.3 is 0 Å². The van der Waals surface area contributed by atoms with Crippen molar-refractivity contribution in [3.8, 4) is 5.75 Å². The molecule has 0 aromatic heterocycles. The Morgan fingerprint density at radius 3 is 2.45 bits per heavy atom. The molecule has 0 radical (unpaired) electrons. The van der Waals surface area contributed by atoms with Crippen LogP contribution in [0.3, 0.4) is 0 Å². The van der Waals surface area contributed by atoms with Crippen LogP contribution in [0.5, 0.6) is 5.75 Å². The zero-order valence-corrected chi connectivity index (χ0v) is 14.2. The van der Waals surface area contributed by atoms with Crippen LogP contribution in [0.15, 0.2) is 34.8 Å². The van der Waals surface area contributed by atoms with E-state index in [4.69, 9.17) is 33.7 Å². The first-order valence-electron chi connectivity index (χ1n) is 5.98. The molecule has 0 spiro atoms. The molecule has 5 heteroatoms. The van der Waals surface area contributed by atoms with Crippen molar-refractivity contribution in [3.63, 3.8) is 0 Å². The maximum Gasteiger partial charge on any atom is 0.138 e. The van der Waals surface area contributed by atoms with Crippen LogP contribution in [0.4, 0.5) is 0 Å². The van der Waals surface area contributed by atoms with Crippen molar-refractivity contribution in [2.45, 2.75) is 13.0 Å². The summed E-state index contributed by atoms with van der Waals surface area (Å²) in [5.41, 5.74) is 9.22. The van der Waals surface area contributed by atoms with E-state index >= 15 is 0 Å². The zero-order valence-electron chi connectivity index (χ0n) is 11.1. The highest BCUT2D eigenvalue weighted by Crippen LogP contribution is 2.36. The predicted octanol–water partition coefficient (Wildman–Crippen LogP) is 5.12. The Labute approximate surface area is 137 Å². The van der Waals surface area contributed by atoms with Crippen LogP contribution in [0.25, 0.3) is 0 Å². The van der Waals surface area contributed by atoms with Crippen molar-refractivity contribution >= 4 is 39.1 Å². The van der Waals surface area contributed by atoms with E-state index in [0.717, 1.165) is 21.2 Å². The van der Waals surface area contributed by atoms with E-state index in [1.807, 2.05) is 25.1 Å². The maximum absolute atomic E-state index is 6.34. The lowest BCUT2D eigenvalue weighted by Gasteiger charge is -2.18. The molecular weight excluding hydrogens is 361 g/mol. The highest BCUT2D eigenvalue weighted by Gasteiger charge is 2.17. The molecule has 2 nitrogen and oxygen atoms in total. The van der Waals surface area contributed by atoms with Crippen LogP contribution in [0, 0.1) is 6.92 Å². The molecule has 2 rings (SSSR count). The van der Waals surface area contributed by atoms with E-state index in [9.17, 15) is 0 Å². The summed E-state index contributed by atoms with van der Waals surface area (Å²) in [6.45, 7) is 2.01. The number of ether oxygens (including phenoxy) is 1. The van der Waals surface area contributed by atoms with E-state index in [1.54, 1.807) is 19.2 Å². The molecule has 0 aliphatic heterocycles. The van der Waals surface area contributed by atoms with Gasteiger partial charge < -0.3 is 10.5 Å². The normalized spacial score (nSPS) is 12.3. The third kappa shape index (κ3) is 3.12. The van der Waals surface area contributed by atoms with Crippen molar-refractivity contribution in [2.75, 3.05) is 7.11 Å². The van der Waals surface area contributed by atoms with Crippen LogP contribution >= 0.6 is 39.1 Å². The van der Waals surface area contributed by atoms with E-state index in [0.29, 0.717) is 15.8 Å². The number of hydrogen-bond acceptors (Lipinski definition) is 2. The number of benzene rings is 2. The summed E-state index contributed by atoms with van der Waals surface area (Å²) in [6.07, 6.45) is 0. The lowest BCUT2D eigenvalue weighted by Crippen LogP contribution is -2.14. The molecule has 20 heavy (non-hydrogen) atoms. The minimum atomic E-state index is -0.344. The van der Waals surface area contributed by atoms with Gasteiger partial charge in [-0.25, -0.2) is 0 Å². The Balaban J connectivity index is 2.50. The summed E-state index contributed by atoms with van der Waals surface area (Å²) in [7, 11) is 1.55. The van der Waals surface area contributed by atoms with Crippen LogP contribution in [-0.2, 0) is 0 Å². The SMILES string of the molecule is COc1cc(Cl)c(C(N)c2cc(Br)ccc2C)cc1Cl. The second-order valence-corrected chi connectivity index (χ2v) is 6.22. The number of halogens is 3. The number of methoxy groups -OCH3 is 1. The van der Waals surface area contributed by atoms with Gasteiger partial charge in [0.25, 0.3) is 0 Å². The number of hydrogen-bond donors (Lipinski definition) is 1. The molecule has 0 aliphatic rings. The summed E-state index contributed by atoms with van der Waals surface area (Å²) in [5.74, 6) is 0.540. The predicted molar refractivity (Wildman–Crippen MR) is 87.9 cm³/mol. The topological polar surface area (TPSA) is 35.2 Å². The fourth-order valence-electron chi connectivity index (χ4n) is 2.05. The first kappa shape index (κ1) is 15.6. The molecule has 0 saturated carbocycles. The minimum absolute atomic E-state index is 0.344. The zero-order chi connectivity index (χ0) is 14.9. The second-order valence-electron chi connectivity index (χ2n) is 4.49. The van der Waals surface area contributed by atoms with E-state index in [2.05, 4.69) is 15.9 Å². The highest BCUT2D eigenvalue weighted by molar-refractivity contribution is 9.10. The van der Waals surface area contributed by atoms with E-state index in [-0.39, 0.29) is 6.04 Å². The average molecular weight is 375 g/mol. The summed E-state index contributed by atoms with van der Waals surface area (Å²) in [5, 5.41) is 1.04.